The Hall–Kier alpha value is -3.67. The predicted octanol–water partition coefficient (Wildman–Crippen LogP) is 5.75. The van der Waals surface area contributed by atoms with Crippen LogP contribution in [0.3, 0.4) is 0 Å². The zero-order chi connectivity index (χ0) is 31.9. The van der Waals surface area contributed by atoms with Crippen LogP contribution in [0.2, 0.25) is 0 Å². The van der Waals surface area contributed by atoms with Gasteiger partial charge in [0.1, 0.15) is 11.4 Å². The Balaban J connectivity index is 0.841. The van der Waals surface area contributed by atoms with Gasteiger partial charge in [0, 0.05) is 70.1 Å². The van der Waals surface area contributed by atoms with Gasteiger partial charge in [0.25, 0.3) is 0 Å². The number of hydrogen-bond donors (Lipinski definition) is 0. The van der Waals surface area contributed by atoms with Crippen molar-refractivity contribution in [3.8, 4) is 0 Å². The highest BCUT2D eigenvalue weighted by atomic mass is 19.4. The second-order valence-electron chi connectivity index (χ2n) is 13.7. The number of carbonyl (C=O) groups is 2. The van der Waals surface area contributed by atoms with Crippen molar-refractivity contribution in [2.45, 2.75) is 75.6 Å². The Morgan fingerprint density at radius 1 is 0.913 bits per heavy atom. The first-order valence-electron chi connectivity index (χ1n) is 16.6. The van der Waals surface area contributed by atoms with E-state index in [1.165, 1.54) is 12.1 Å². The number of amides is 2. The van der Waals surface area contributed by atoms with Gasteiger partial charge in [0.15, 0.2) is 5.65 Å². The summed E-state index contributed by atoms with van der Waals surface area (Å²) >= 11 is 0. The second kappa shape index (κ2) is 12.5. The zero-order valence-corrected chi connectivity index (χ0v) is 26.0. The number of aromatic nitrogens is 3. The third kappa shape index (κ3) is 6.45. The Labute approximate surface area is 266 Å². The smallest absolute Gasteiger partial charge is 0.416 e. The highest BCUT2D eigenvalue weighted by Crippen LogP contribution is 2.38. The minimum absolute atomic E-state index is 0.0487. The van der Waals surface area contributed by atoms with Crippen molar-refractivity contribution in [2.75, 3.05) is 39.3 Å². The number of benzene rings is 1. The quantitative estimate of drug-likeness (QED) is 0.342. The lowest BCUT2D eigenvalue weighted by Crippen LogP contribution is -2.47. The maximum absolute atomic E-state index is 13.4. The molecule has 3 aliphatic heterocycles. The van der Waals surface area contributed by atoms with Gasteiger partial charge < -0.3 is 14.5 Å². The van der Waals surface area contributed by atoms with Crippen molar-refractivity contribution in [2.24, 2.45) is 11.8 Å². The van der Waals surface area contributed by atoms with Crippen LogP contribution in [-0.4, -0.2) is 86.2 Å². The number of halogens is 3. The maximum Gasteiger partial charge on any atom is 0.416 e. The summed E-state index contributed by atoms with van der Waals surface area (Å²) in [4.78, 5) is 32.4. The lowest BCUT2D eigenvalue weighted by atomic mass is 9.80. The Morgan fingerprint density at radius 2 is 1.63 bits per heavy atom. The molecule has 1 spiro atoms. The molecule has 4 aliphatic rings. The molecule has 0 N–H and O–H groups in total. The van der Waals surface area contributed by atoms with E-state index in [1.54, 1.807) is 0 Å². The molecule has 5 heterocycles. The number of fused-ring (bicyclic) bond motifs is 1. The molecule has 0 unspecified atom stereocenters. The van der Waals surface area contributed by atoms with Gasteiger partial charge in [-0.15, -0.1) is 10.2 Å². The van der Waals surface area contributed by atoms with Gasteiger partial charge in [-0.05, 0) is 74.3 Å². The minimum Gasteiger partial charge on any atom is -0.441 e. The molecule has 1 aromatic carbocycles. The maximum atomic E-state index is 13.4. The molecule has 4 fully saturated rings. The molecular weight excluding hydrogens is 597 g/mol. The Kier molecular flexibility index (Phi) is 8.41. The lowest BCUT2D eigenvalue weighted by molar-refractivity contribution is -0.138. The molecule has 3 aromatic rings. The molecular formula is C34H41F3N6O3. The van der Waals surface area contributed by atoms with Crippen LogP contribution >= 0.6 is 0 Å². The van der Waals surface area contributed by atoms with Crippen molar-refractivity contribution >= 4 is 17.6 Å². The normalized spacial score (nSPS) is 24.5. The van der Waals surface area contributed by atoms with Gasteiger partial charge in [-0.3, -0.25) is 14.1 Å². The summed E-state index contributed by atoms with van der Waals surface area (Å²) < 4.78 is 46.7. The monoisotopic (exact) mass is 638 g/mol. The Bertz CT molecular complexity index is 1540. The van der Waals surface area contributed by atoms with E-state index in [-0.39, 0.29) is 17.9 Å². The van der Waals surface area contributed by atoms with Crippen LogP contribution in [0.1, 0.15) is 74.2 Å². The van der Waals surface area contributed by atoms with Crippen molar-refractivity contribution < 1.29 is 27.5 Å². The van der Waals surface area contributed by atoms with Gasteiger partial charge in [0.05, 0.1) is 12.1 Å². The molecule has 1 aliphatic carbocycles. The molecule has 7 rings (SSSR count). The van der Waals surface area contributed by atoms with E-state index in [0.717, 1.165) is 93.9 Å². The van der Waals surface area contributed by atoms with Gasteiger partial charge in [-0.1, -0.05) is 18.2 Å². The van der Waals surface area contributed by atoms with Crippen LogP contribution in [0, 0.1) is 11.8 Å². The number of nitrogens with zero attached hydrogens (tertiary/aromatic N) is 6. The number of pyridine rings is 1. The Morgan fingerprint density at radius 3 is 2.33 bits per heavy atom. The highest BCUT2D eigenvalue weighted by Gasteiger charge is 2.47. The van der Waals surface area contributed by atoms with E-state index in [1.807, 2.05) is 34.2 Å². The molecule has 2 aromatic heterocycles. The molecule has 0 bridgehead atoms. The fourth-order valence-electron chi connectivity index (χ4n) is 7.93. The molecule has 46 heavy (non-hydrogen) atoms. The summed E-state index contributed by atoms with van der Waals surface area (Å²) in [5.74, 6) is 1.96. The average molecular weight is 639 g/mol. The SMILES string of the molecule is O=C1OC2(CCN(Cc3ccc(C(F)(F)F)cc3)CC2)CN1CC1CCC(C(=O)N2CCC(c3nnc4ccccn34)CC2)CC1. The fourth-order valence-corrected chi connectivity index (χ4v) is 7.93. The molecule has 246 valence electrons. The molecule has 12 heteroatoms. The summed E-state index contributed by atoms with van der Waals surface area (Å²) in [7, 11) is 0. The van der Waals surface area contributed by atoms with Gasteiger partial charge >= 0.3 is 12.3 Å². The van der Waals surface area contributed by atoms with Gasteiger partial charge in [-0.2, -0.15) is 13.2 Å². The first kappa shape index (κ1) is 31.0. The van der Waals surface area contributed by atoms with Crippen molar-refractivity contribution in [1.82, 2.24) is 29.3 Å². The number of ether oxygens (including phenoxy) is 1. The standard InChI is InChI=1S/C34H41F3N6O3/c35-34(36,37)28-10-6-24(7-11-28)21-40-19-14-33(15-20-40)23-42(32(45)46-33)22-25-4-8-27(9-5-25)31(44)41-17-12-26(13-18-41)30-39-38-29-3-1-2-16-43(29)30/h1-3,6-7,10-11,16,25-27H,4-5,8-9,12-15,17-23H2. The van der Waals surface area contributed by atoms with Crippen LogP contribution in [0.15, 0.2) is 48.7 Å². The summed E-state index contributed by atoms with van der Waals surface area (Å²) in [6, 6.07) is 11.2. The molecule has 0 atom stereocenters. The summed E-state index contributed by atoms with van der Waals surface area (Å²) in [5.41, 5.74) is 0.561. The first-order valence-corrected chi connectivity index (χ1v) is 16.6. The number of rotatable bonds is 6. The zero-order valence-electron chi connectivity index (χ0n) is 26.0. The largest absolute Gasteiger partial charge is 0.441 e. The highest BCUT2D eigenvalue weighted by molar-refractivity contribution is 5.79. The first-order chi connectivity index (χ1) is 22.2. The van der Waals surface area contributed by atoms with E-state index < -0.39 is 17.3 Å². The van der Waals surface area contributed by atoms with E-state index in [0.29, 0.717) is 44.3 Å². The number of piperidine rings is 2. The molecule has 3 saturated heterocycles. The van der Waals surface area contributed by atoms with E-state index in [9.17, 15) is 22.8 Å². The third-order valence-electron chi connectivity index (χ3n) is 10.7. The average Bonchev–Trinajstić information content (AvgIpc) is 3.63. The number of likely N-dealkylation sites (tertiary alicyclic amines) is 2. The van der Waals surface area contributed by atoms with Crippen molar-refractivity contribution in [3.63, 3.8) is 0 Å². The predicted molar refractivity (Wildman–Crippen MR) is 164 cm³/mol. The van der Waals surface area contributed by atoms with Gasteiger partial charge in [-0.25, -0.2) is 4.79 Å². The summed E-state index contributed by atoms with van der Waals surface area (Å²) in [6.45, 7) is 4.75. The van der Waals surface area contributed by atoms with E-state index in [2.05, 4.69) is 19.5 Å². The van der Waals surface area contributed by atoms with Crippen LogP contribution in [0.25, 0.3) is 5.65 Å². The molecule has 2 amide bonds. The third-order valence-corrected chi connectivity index (χ3v) is 10.7. The molecule has 0 radical (unpaired) electrons. The summed E-state index contributed by atoms with van der Waals surface area (Å²) in [6.07, 6.45) is 4.17. The number of carbonyl (C=O) groups excluding carboxylic acids is 2. The lowest BCUT2D eigenvalue weighted by Gasteiger charge is -2.38. The number of alkyl halides is 3. The van der Waals surface area contributed by atoms with Crippen LogP contribution < -0.4 is 0 Å². The van der Waals surface area contributed by atoms with Crippen molar-refractivity contribution in [1.29, 1.82) is 0 Å². The number of hydrogen-bond acceptors (Lipinski definition) is 6. The second-order valence-corrected chi connectivity index (χ2v) is 13.7. The topological polar surface area (TPSA) is 83.3 Å². The molecule has 1 saturated carbocycles. The van der Waals surface area contributed by atoms with Crippen LogP contribution in [-0.2, 0) is 22.3 Å². The van der Waals surface area contributed by atoms with E-state index in [4.69, 9.17) is 4.74 Å². The van der Waals surface area contributed by atoms with Crippen LogP contribution in [0.4, 0.5) is 18.0 Å². The molecule has 9 nitrogen and oxygen atoms in total. The fraction of sp³-hybridized carbons (Fsp3) is 0.588. The van der Waals surface area contributed by atoms with E-state index >= 15 is 0 Å². The van der Waals surface area contributed by atoms with Gasteiger partial charge in [0.2, 0.25) is 5.91 Å². The minimum atomic E-state index is -4.33. The summed E-state index contributed by atoms with van der Waals surface area (Å²) in [5, 5.41) is 8.72. The van der Waals surface area contributed by atoms with Crippen molar-refractivity contribution in [3.05, 3.63) is 65.6 Å². The van der Waals surface area contributed by atoms with Crippen LogP contribution in [0.5, 0.6) is 0 Å².